The van der Waals surface area contributed by atoms with E-state index in [1.807, 2.05) is 38.2 Å². The van der Waals surface area contributed by atoms with Crippen LogP contribution in [-0.4, -0.2) is 7.05 Å². The summed E-state index contributed by atoms with van der Waals surface area (Å²) in [4.78, 5) is 0. The quantitative estimate of drug-likeness (QED) is 0.809. The predicted molar refractivity (Wildman–Crippen MR) is 87.5 cm³/mol. The van der Waals surface area contributed by atoms with Gasteiger partial charge >= 0.3 is 0 Å². The normalized spacial score (nSPS) is 12.2. The van der Waals surface area contributed by atoms with Gasteiger partial charge in [-0.2, -0.15) is 0 Å². The zero-order chi connectivity index (χ0) is 14.5. The van der Waals surface area contributed by atoms with Gasteiger partial charge in [-0.1, -0.05) is 35.0 Å². The lowest BCUT2D eigenvalue weighted by molar-refractivity contribution is 0.475. The van der Waals surface area contributed by atoms with Crippen LogP contribution < -0.4 is 10.1 Å². The summed E-state index contributed by atoms with van der Waals surface area (Å²) in [7, 11) is 1.99. The van der Waals surface area contributed by atoms with Gasteiger partial charge in [-0.15, -0.1) is 0 Å². The van der Waals surface area contributed by atoms with Gasteiger partial charge in [0.2, 0.25) is 0 Å². The third kappa shape index (κ3) is 3.62. The van der Waals surface area contributed by atoms with Gasteiger partial charge in [-0.05, 0) is 61.9 Å². The fourth-order valence-corrected chi connectivity index (χ4v) is 2.73. The van der Waals surface area contributed by atoms with Crippen molar-refractivity contribution in [3.8, 4) is 11.5 Å². The largest absolute Gasteiger partial charge is 0.457 e. The van der Waals surface area contributed by atoms with Gasteiger partial charge in [0.1, 0.15) is 11.5 Å². The van der Waals surface area contributed by atoms with Gasteiger partial charge < -0.3 is 10.1 Å². The molecule has 1 N–H and O–H groups in total. The second-order valence-corrected chi connectivity index (χ2v) is 5.75. The fourth-order valence-electron chi connectivity index (χ4n) is 2.26. The van der Waals surface area contributed by atoms with Crippen LogP contribution in [0.5, 0.6) is 11.5 Å². The summed E-state index contributed by atoms with van der Waals surface area (Å²) in [5.41, 5.74) is 2.37. The molecule has 0 aliphatic carbocycles. The molecule has 2 nitrogen and oxygen atoms in total. The van der Waals surface area contributed by atoms with Crippen molar-refractivity contribution in [1.82, 2.24) is 5.32 Å². The molecule has 2 aromatic rings. The average Bonchev–Trinajstić information content (AvgIpc) is 2.44. The first-order chi connectivity index (χ1) is 9.63. The molecule has 0 aliphatic heterocycles. The van der Waals surface area contributed by atoms with Gasteiger partial charge in [0.15, 0.2) is 0 Å². The van der Waals surface area contributed by atoms with E-state index in [-0.39, 0.29) is 0 Å². The van der Waals surface area contributed by atoms with Crippen molar-refractivity contribution < 1.29 is 4.74 Å². The topological polar surface area (TPSA) is 21.3 Å². The molecule has 0 saturated heterocycles. The van der Waals surface area contributed by atoms with Crippen LogP contribution in [0.1, 0.15) is 30.5 Å². The zero-order valence-corrected chi connectivity index (χ0v) is 13.7. The van der Waals surface area contributed by atoms with E-state index in [2.05, 4.69) is 46.4 Å². The monoisotopic (exact) mass is 333 g/mol. The van der Waals surface area contributed by atoms with E-state index in [0.717, 1.165) is 28.0 Å². The fraction of sp³-hybridized carbons (Fsp3) is 0.294. The first-order valence-electron chi connectivity index (χ1n) is 6.85. The Kier molecular flexibility index (Phi) is 5.21. The van der Waals surface area contributed by atoms with E-state index in [4.69, 9.17) is 4.74 Å². The second kappa shape index (κ2) is 6.91. The minimum atomic E-state index is 0.365. The molecule has 0 bridgehead atoms. The van der Waals surface area contributed by atoms with E-state index in [9.17, 15) is 0 Å². The molecule has 0 heterocycles. The molecule has 2 rings (SSSR count). The maximum atomic E-state index is 6.00. The summed E-state index contributed by atoms with van der Waals surface area (Å²) >= 11 is 3.47. The van der Waals surface area contributed by atoms with Crippen molar-refractivity contribution in [1.29, 1.82) is 0 Å². The molecule has 0 spiro atoms. The lowest BCUT2D eigenvalue weighted by atomic mass is 10.0. The standard InChI is InChI=1S/C17H20BrNO/c1-4-16(19-3)13-6-5-7-15(11-13)20-17-9-8-14(18)10-12(17)2/h5-11,16,19H,4H2,1-3H3. The van der Waals surface area contributed by atoms with E-state index in [0.29, 0.717) is 6.04 Å². The molecule has 0 saturated carbocycles. The van der Waals surface area contributed by atoms with Crippen LogP contribution in [0.4, 0.5) is 0 Å². The molecule has 106 valence electrons. The Balaban J connectivity index is 2.23. The van der Waals surface area contributed by atoms with Crippen molar-refractivity contribution >= 4 is 15.9 Å². The number of hydrogen-bond donors (Lipinski definition) is 1. The molecule has 20 heavy (non-hydrogen) atoms. The summed E-state index contributed by atoms with van der Waals surface area (Å²) in [5, 5.41) is 3.32. The van der Waals surface area contributed by atoms with Crippen LogP contribution in [0.15, 0.2) is 46.9 Å². The zero-order valence-electron chi connectivity index (χ0n) is 12.1. The molecule has 0 amide bonds. The molecule has 3 heteroatoms. The first-order valence-corrected chi connectivity index (χ1v) is 7.64. The number of hydrogen-bond acceptors (Lipinski definition) is 2. The van der Waals surface area contributed by atoms with Crippen LogP contribution in [-0.2, 0) is 0 Å². The van der Waals surface area contributed by atoms with E-state index in [1.54, 1.807) is 0 Å². The van der Waals surface area contributed by atoms with E-state index < -0.39 is 0 Å². The Labute approximate surface area is 129 Å². The maximum Gasteiger partial charge on any atom is 0.130 e. The lowest BCUT2D eigenvalue weighted by Crippen LogP contribution is -2.14. The van der Waals surface area contributed by atoms with Crippen molar-refractivity contribution in [3.63, 3.8) is 0 Å². The summed E-state index contributed by atoms with van der Waals surface area (Å²) in [5.74, 6) is 1.77. The number of ether oxygens (including phenoxy) is 1. The first kappa shape index (κ1) is 15.1. The minimum absolute atomic E-state index is 0.365. The predicted octanol–water partition coefficient (Wildman–Crippen LogP) is 5.22. The average molecular weight is 334 g/mol. The summed E-state index contributed by atoms with van der Waals surface area (Å²) < 4.78 is 7.06. The smallest absolute Gasteiger partial charge is 0.130 e. The molecule has 0 aliphatic rings. The molecule has 0 aromatic heterocycles. The van der Waals surface area contributed by atoms with Crippen LogP contribution in [0, 0.1) is 6.92 Å². The number of nitrogens with one attached hydrogen (secondary N) is 1. The minimum Gasteiger partial charge on any atom is -0.457 e. The SMILES string of the molecule is CCC(NC)c1cccc(Oc2ccc(Br)cc2C)c1. The number of rotatable bonds is 5. The molecular formula is C17H20BrNO. The maximum absolute atomic E-state index is 6.00. The Morgan fingerprint density at radius 3 is 2.65 bits per heavy atom. The molecule has 1 unspecified atom stereocenters. The third-order valence-corrected chi connectivity index (χ3v) is 3.88. The Morgan fingerprint density at radius 1 is 1.20 bits per heavy atom. The van der Waals surface area contributed by atoms with Gasteiger partial charge in [-0.3, -0.25) is 0 Å². The molecule has 0 radical (unpaired) electrons. The number of halogens is 1. The summed E-state index contributed by atoms with van der Waals surface area (Å²) in [6.07, 6.45) is 1.05. The highest BCUT2D eigenvalue weighted by Crippen LogP contribution is 2.29. The van der Waals surface area contributed by atoms with Crippen LogP contribution in [0.3, 0.4) is 0 Å². The summed E-state index contributed by atoms with van der Waals surface area (Å²) in [6.45, 7) is 4.22. The van der Waals surface area contributed by atoms with Crippen molar-refractivity contribution in [3.05, 3.63) is 58.1 Å². The van der Waals surface area contributed by atoms with E-state index in [1.165, 1.54) is 5.56 Å². The van der Waals surface area contributed by atoms with Crippen LogP contribution in [0.25, 0.3) is 0 Å². The highest BCUT2D eigenvalue weighted by Gasteiger charge is 2.08. The van der Waals surface area contributed by atoms with Crippen molar-refractivity contribution in [2.45, 2.75) is 26.3 Å². The number of benzene rings is 2. The Hall–Kier alpha value is -1.32. The van der Waals surface area contributed by atoms with Gasteiger partial charge in [-0.25, -0.2) is 0 Å². The molecular weight excluding hydrogens is 314 g/mol. The molecule has 1 atom stereocenters. The Morgan fingerprint density at radius 2 is 2.00 bits per heavy atom. The van der Waals surface area contributed by atoms with Crippen LogP contribution in [0.2, 0.25) is 0 Å². The number of aryl methyl sites for hydroxylation is 1. The van der Waals surface area contributed by atoms with E-state index >= 15 is 0 Å². The third-order valence-electron chi connectivity index (χ3n) is 3.38. The van der Waals surface area contributed by atoms with Gasteiger partial charge in [0, 0.05) is 10.5 Å². The van der Waals surface area contributed by atoms with Gasteiger partial charge in [0.05, 0.1) is 0 Å². The lowest BCUT2D eigenvalue weighted by Gasteiger charge is -2.16. The van der Waals surface area contributed by atoms with Crippen molar-refractivity contribution in [2.24, 2.45) is 0 Å². The van der Waals surface area contributed by atoms with Crippen LogP contribution >= 0.6 is 15.9 Å². The summed E-state index contributed by atoms with van der Waals surface area (Å²) in [6, 6.07) is 14.7. The molecule has 2 aromatic carbocycles. The highest BCUT2D eigenvalue weighted by atomic mass is 79.9. The highest BCUT2D eigenvalue weighted by molar-refractivity contribution is 9.10. The van der Waals surface area contributed by atoms with Gasteiger partial charge in [0.25, 0.3) is 0 Å². The molecule has 0 fully saturated rings. The van der Waals surface area contributed by atoms with Crippen molar-refractivity contribution in [2.75, 3.05) is 7.05 Å². The Bertz CT molecular complexity index is 579. The second-order valence-electron chi connectivity index (χ2n) is 4.83.